The third-order valence-electron chi connectivity index (χ3n) is 4.36. The number of hydrogen-bond donors (Lipinski definition) is 1. The number of amides is 1. The molecule has 2 aliphatic rings. The molecule has 1 aromatic rings. The molecule has 2 heterocycles. The highest BCUT2D eigenvalue weighted by Crippen LogP contribution is 2.39. The third kappa shape index (κ3) is 3.35. The molecule has 0 saturated carbocycles. The first-order valence-electron chi connectivity index (χ1n) is 7.44. The summed E-state index contributed by atoms with van der Waals surface area (Å²) in [5.41, 5.74) is 1.00. The Labute approximate surface area is 127 Å². The van der Waals surface area contributed by atoms with Gasteiger partial charge in [-0.25, -0.2) is 0 Å². The number of carbonyl (C=O) groups excluding carboxylic acids is 1. The number of fused-ring (bicyclic) bond motifs is 2. The van der Waals surface area contributed by atoms with Gasteiger partial charge in [-0.3, -0.25) is 9.00 Å². The van der Waals surface area contributed by atoms with E-state index < -0.39 is 10.8 Å². The summed E-state index contributed by atoms with van der Waals surface area (Å²) >= 11 is 0. The maximum absolute atomic E-state index is 12.5. The van der Waals surface area contributed by atoms with Crippen molar-refractivity contribution in [1.82, 2.24) is 5.32 Å². The lowest BCUT2D eigenvalue weighted by molar-refractivity contribution is -0.127. The van der Waals surface area contributed by atoms with E-state index in [1.807, 2.05) is 30.3 Å². The summed E-state index contributed by atoms with van der Waals surface area (Å²) in [5.74, 6) is 0.444. The summed E-state index contributed by atoms with van der Waals surface area (Å²) in [6.45, 7) is 0. The SMILES string of the molecule is C[S@](=O)C[C@@H](NC(=O)[C@H]1C[C@H]2CC[C@H]1O2)c1ccccc1. The minimum absolute atomic E-state index is 0.0414. The van der Waals surface area contributed by atoms with E-state index in [9.17, 15) is 9.00 Å². The molecule has 0 aromatic heterocycles. The zero-order valence-corrected chi connectivity index (χ0v) is 13.0. The number of rotatable bonds is 5. The molecule has 2 saturated heterocycles. The van der Waals surface area contributed by atoms with Gasteiger partial charge in [0.1, 0.15) is 0 Å². The Bertz CT molecular complexity index is 534. The molecular formula is C16H21NO3S. The molecule has 1 aromatic carbocycles. The molecule has 0 unspecified atom stereocenters. The average molecular weight is 307 g/mol. The zero-order valence-electron chi connectivity index (χ0n) is 12.2. The summed E-state index contributed by atoms with van der Waals surface area (Å²) in [5, 5.41) is 3.08. The zero-order chi connectivity index (χ0) is 14.8. The Morgan fingerprint density at radius 2 is 2.14 bits per heavy atom. The van der Waals surface area contributed by atoms with Crippen molar-refractivity contribution in [2.75, 3.05) is 12.0 Å². The van der Waals surface area contributed by atoms with Crippen LogP contribution in [0.3, 0.4) is 0 Å². The van der Waals surface area contributed by atoms with Crippen LogP contribution in [0.4, 0.5) is 0 Å². The maximum Gasteiger partial charge on any atom is 0.226 e. The van der Waals surface area contributed by atoms with Gasteiger partial charge in [-0.15, -0.1) is 0 Å². The first-order chi connectivity index (χ1) is 10.1. The number of nitrogens with one attached hydrogen (secondary N) is 1. The minimum Gasteiger partial charge on any atom is -0.374 e. The summed E-state index contributed by atoms with van der Waals surface area (Å²) in [6.07, 6.45) is 4.91. The molecule has 114 valence electrons. The largest absolute Gasteiger partial charge is 0.374 e. The van der Waals surface area contributed by atoms with Gasteiger partial charge in [-0.05, 0) is 24.8 Å². The van der Waals surface area contributed by atoms with Crippen molar-refractivity contribution in [1.29, 1.82) is 0 Å². The maximum atomic E-state index is 12.5. The van der Waals surface area contributed by atoms with Crippen LogP contribution in [0.25, 0.3) is 0 Å². The lowest BCUT2D eigenvalue weighted by atomic mass is 9.88. The van der Waals surface area contributed by atoms with Gasteiger partial charge in [0.25, 0.3) is 0 Å². The fourth-order valence-electron chi connectivity index (χ4n) is 3.33. The molecule has 2 fully saturated rings. The fraction of sp³-hybridized carbons (Fsp3) is 0.562. The second-order valence-corrected chi connectivity index (χ2v) is 7.41. The van der Waals surface area contributed by atoms with E-state index in [0.29, 0.717) is 5.75 Å². The lowest BCUT2D eigenvalue weighted by Crippen LogP contribution is -2.39. The van der Waals surface area contributed by atoms with Gasteiger partial charge in [-0.2, -0.15) is 0 Å². The van der Waals surface area contributed by atoms with Crippen LogP contribution >= 0.6 is 0 Å². The molecule has 1 amide bonds. The fourth-order valence-corrected chi connectivity index (χ4v) is 4.08. The van der Waals surface area contributed by atoms with E-state index in [4.69, 9.17) is 4.74 Å². The van der Waals surface area contributed by atoms with Crippen molar-refractivity contribution in [3.63, 3.8) is 0 Å². The summed E-state index contributed by atoms with van der Waals surface area (Å²) in [4.78, 5) is 12.5. The molecule has 3 rings (SSSR count). The van der Waals surface area contributed by atoms with Crippen LogP contribution in [-0.2, 0) is 20.3 Å². The van der Waals surface area contributed by atoms with Crippen molar-refractivity contribution in [2.45, 2.75) is 37.5 Å². The quantitative estimate of drug-likeness (QED) is 0.902. The van der Waals surface area contributed by atoms with Gasteiger partial charge in [0.05, 0.1) is 24.2 Å². The van der Waals surface area contributed by atoms with Crippen molar-refractivity contribution in [3.8, 4) is 0 Å². The van der Waals surface area contributed by atoms with Crippen LogP contribution < -0.4 is 5.32 Å². The number of ether oxygens (including phenoxy) is 1. The predicted octanol–water partition coefficient (Wildman–Crippen LogP) is 1.79. The molecular weight excluding hydrogens is 286 g/mol. The number of carbonyl (C=O) groups is 1. The van der Waals surface area contributed by atoms with Crippen molar-refractivity contribution >= 4 is 16.7 Å². The van der Waals surface area contributed by atoms with Crippen molar-refractivity contribution < 1.29 is 13.7 Å². The van der Waals surface area contributed by atoms with Gasteiger partial charge in [0.15, 0.2) is 0 Å². The molecule has 0 aliphatic carbocycles. The van der Waals surface area contributed by atoms with Crippen molar-refractivity contribution in [2.24, 2.45) is 5.92 Å². The van der Waals surface area contributed by atoms with Crippen LogP contribution in [0.2, 0.25) is 0 Å². The molecule has 2 bridgehead atoms. The van der Waals surface area contributed by atoms with E-state index in [1.165, 1.54) is 0 Å². The van der Waals surface area contributed by atoms with Crippen LogP contribution in [0.1, 0.15) is 30.9 Å². The third-order valence-corrected chi connectivity index (χ3v) is 5.17. The highest BCUT2D eigenvalue weighted by atomic mass is 32.2. The van der Waals surface area contributed by atoms with E-state index in [0.717, 1.165) is 24.8 Å². The van der Waals surface area contributed by atoms with Crippen LogP contribution in [0.15, 0.2) is 30.3 Å². The second-order valence-electron chi connectivity index (χ2n) is 5.93. The summed E-state index contributed by atoms with van der Waals surface area (Å²) in [6, 6.07) is 9.56. The normalized spacial score (nSPS) is 30.0. The van der Waals surface area contributed by atoms with Crippen LogP contribution in [-0.4, -0.2) is 34.3 Å². The van der Waals surface area contributed by atoms with Gasteiger partial charge < -0.3 is 10.1 Å². The van der Waals surface area contributed by atoms with Crippen LogP contribution in [0.5, 0.6) is 0 Å². The molecule has 21 heavy (non-hydrogen) atoms. The Morgan fingerprint density at radius 3 is 2.71 bits per heavy atom. The first-order valence-corrected chi connectivity index (χ1v) is 9.17. The van der Waals surface area contributed by atoms with Crippen molar-refractivity contribution in [3.05, 3.63) is 35.9 Å². The number of hydrogen-bond acceptors (Lipinski definition) is 3. The molecule has 5 atom stereocenters. The Kier molecular flexibility index (Phi) is 4.40. The van der Waals surface area contributed by atoms with Gasteiger partial charge in [0.2, 0.25) is 5.91 Å². The van der Waals surface area contributed by atoms with E-state index >= 15 is 0 Å². The first kappa shape index (κ1) is 14.7. The second kappa shape index (κ2) is 6.28. The summed E-state index contributed by atoms with van der Waals surface area (Å²) in [7, 11) is -0.962. The monoisotopic (exact) mass is 307 g/mol. The lowest BCUT2D eigenvalue weighted by Gasteiger charge is -2.23. The van der Waals surface area contributed by atoms with Gasteiger partial charge in [-0.1, -0.05) is 30.3 Å². The average Bonchev–Trinajstić information content (AvgIpc) is 3.09. The molecule has 5 heteroatoms. The van der Waals surface area contributed by atoms with Gasteiger partial charge >= 0.3 is 0 Å². The molecule has 4 nitrogen and oxygen atoms in total. The molecule has 0 radical (unpaired) electrons. The smallest absolute Gasteiger partial charge is 0.226 e. The summed E-state index contributed by atoms with van der Waals surface area (Å²) < 4.78 is 17.3. The van der Waals surface area contributed by atoms with Crippen LogP contribution in [0, 0.1) is 5.92 Å². The molecule has 1 N–H and O–H groups in total. The highest BCUT2D eigenvalue weighted by Gasteiger charge is 2.44. The number of benzene rings is 1. The Hall–Kier alpha value is -1.20. The molecule has 2 aliphatic heterocycles. The predicted molar refractivity (Wildman–Crippen MR) is 82.3 cm³/mol. The topological polar surface area (TPSA) is 55.4 Å². The van der Waals surface area contributed by atoms with E-state index in [-0.39, 0.29) is 30.1 Å². The highest BCUT2D eigenvalue weighted by molar-refractivity contribution is 7.84. The Morgan fingerprint density at radius 1 is 1.38 bits per heavy atom. The standard InChI is InChI=1S/C16H21NO3S/c1-21(19)10-14(11-5-3-2-4-6-11)17-16(18)13-9-12-7-8-15(13)20-12/h2-6,12-15H,7-10H2,1H3,(H,17,18)/t12-,13+,14-,15-,21+/m1/s1. The van der Waals surface area contributed by atoms with Gasteiger partial charge in [0, 0.05) is 22.8 Å². The van der Waals surface area contributed by atoms with E-state index in [2.05, 4.69) is 5.32 Å². The van der Waals surface area contributed by atoms with E-state index in [1.54, 1.807) is 6.26 Å². The molecule has 0 spiro atoms. The Balaban J connectivity index is 1.69. The minimum atomic E-state index is -0.962.